The minimum Gasteiger partial charge on any atom is -0.349 e. The number of aryl methyl sites for hydroxylation is 1. The number of aromatic amines is 1. The van der Waals surface area contributed by atoms with E-state index >= 15 is 0 Å². The summed E-state index contributed by atoms with van der Waals surface area (Å²) >= 11 is 0. The summed E-state index contributed by atoms with van der Waals surface area (Å²) in [5.74, 6) is 1.53. The van der Waals surface area contributed by atoms with Crippen LogP contribution in [0.4, 0.5) is 0 Å². The minimum atomic E-state index is -1.69. The largest absolute Gasteiger partial charge is 0.349 e. The quantitative estimate of drug-likeness (QED) is 0.655. The first kappa shape index (κ1) is 17.8. The number of aromatic nitrogens is 4. The van der Waals surface area contributed by atoms with E-state index in [1.165, 1.54) is 0 Å². The maximum absolute atomic E-state index is 12.7. The van der Waals surface area contributed by atoms with Crippen molar-refractivity contribution in [1.29, 1.82) is 0 Å². The molecule has 1 amide bonds. The Kier molecular flexibility index (Phi) is 4.96. The number of nitrogens with zero attached hydrogens (tertiary/aromatic N) is 3. The fraction of sp³-hybridized carbons (Fsp3) is 0.158. The van der Waals surface area contributed by atoms with E-state index in [0.29, 0.717) is 11.1 Å². The number of hydrogen-bond donors (Lipinski definition) is 2. The van der Waals surface area contributed by atoms with Crippen molar-refractivity contribution in [3.8, 4) is 0 Å². The van der Waals surface area contributed by atoms with Crippen molar-refractivity contribution >= 4 is 36.9 Å². The molecule has 6 nitrogen and oxygen atoms in total. The Labute approximate surface area is 162 Å². The number of hydrogen-bond acceptors (Lipinski definition) is 4. The molecular weight excluding hydrogens is 382 g/mol. The number of carbonyl (C=O) groups is 1. The highest BCUT2D eigenvalue weighted by Gasteiger charge is 2.28. The Morgan fingerprint density at radius 1 is 1.15 bits per heavy atom. The maximum Gasteiger partial charge on any atom is 0.256 e. The minimum absolute atomic E-state index is 0.193. The topological polar surface area (TPSA) is 83.6 Å². The summed E-state index contributed by atoms with van der Waals surface area (Å²) in [6.07, 6.45) is 12.3. The van der Waals surface area contributed by atoms with Gasteiger partial charge in [0.1, 0.15) is 5.82 Å². The summed E-state index contributed by atoms with van der Waals surface area (Å²) in [6.45, 7) is 0. The van der Waals surface area contributed by atoms with Gasteiger partial charge in [-0.25, -0.2) is 4.98 Å². The van der Waals surface area contributed by atoms with Crippen LogP contribution in [0.1, 0.15) is 22.6 Å². The van der Waals surface area contributed by atoms with E-state index < -0.39 is 9.24 Å². The lowest BCUT2D eigenvalue weighted by Gasteiger charge is -2.29. The predicted molar refractivity (Wildman–Crippen MR) is 109 cm³/mol. The lowest BCUT2D eigenvalue weighted by molar-refractivity contribution is 0.0969. The van der Waals surface area contributed by atoms with Gasteiger partial charge in [-0.05, 0) is 41.9 Å². The fourth-order valence-electron chi connectivity index (χ4n) is 2.92. The van der Waals surface area contributed by atoms with Gasteiger partial charge in [-0.3, -0.25) is 14.8 Å². The molecule has 2 aromatic heterocycles. The van der Waals surface area contributed by atoms with Crippen LogP contribution in [0.25, 0.3) is 11.0 Å². The van der Waals surface area contributed by atoms with Gasteiger partial charge in [0.2, 0.25) is 0 Å². The standard InChI is InChI=1S/C19H18ClN5OS/c20-27(11-1-3-17-23-9-10-24-17)12-2-4-18(27)25-19(26)14-5-6-15-16(13-14)22-8-7-21-15/h2,4-10,12-13H,1,3,11H2,(H,23,24)(H,25,26). The zero-order valence-corrected chi connectivity index (χ0v) is 16.0. The van der Waals surface area contributed by atoms with Gasteiger partial charge in [0, 0.05) is 36.8 Å². The Morgan fingerprint density at radius 3 is 2.81 bits per heavy atom. The van der Waals surface area contributed by atoms with E-state index in [0.717, 1.165) is 35.0 Å². The first-order chi connectivity index (χ1) is 13.1. The molecular formula is C19H18ClN5OS. The zero-order valence-electron chi connectivity index (χ0n) is 14.4. The van der Waals surface area contributed by atoms with Gasteiger partial charge in [0.05, 0.1) is 16.1 Å². The van der Waals surface area contributed by atoms with E-state index in [2.05, 4.69) is 25.3 Å². The third-order valence-corrected chi connectivity index (χ3v) is 8.00. The number of amides is 1. The molecule has 3 aromatic rings. The van der Waals surface area contributed by atoms with Gasteiger partial charge in [0.15, 0.2) is 0 Å². The summed E-state index contributed by atoms with van der Waals surface area (Å²) in [5.41, 5.74) is 1.97. The van der Waals surface area contributed by atoms with Crippen LogP contribution < -0.4 is 5.32 Å². The fourth-order valence-corrected chi connectivity index (χ4v) is 5.65. The molecule has 27 heavy (non-hydrogen) atoms. The number of rotatable bonds is 6. The highest BCUT2D eigenvalue weighted by Crippen LogP contribution is 2.63. The molecule has 1 aliphatic heterocycles. The first-order valence-electron chi connectivity index (χ1n) is 8.53. The van der Waals surface area contributed by atoms with E-state index in [1.54, 1.807) is 36.8 Å². The van der Waals surface area contributed by atoms with Gasteiger partial charge in [0.25, 0.3) is 5.91 Å². The number of nitrogens with one attached hydrogen (secondary N) is 2. The van der Waals surface area contributed by atoms with Gasteiger partial charge in [-0.2, -0.15) is 0 Å². The second-order valence-corrected chi connectivity index (χ2v) is 10.3. The molecule has 0 spiro atoms. The number of halogens is 1. The van der Waals surface area contributed by atoms with E-state index in [-0.39, 0.29) is 5.91 Å². The Balaban J connectivity index is 1.43. The van der Waals surface area contributed by atoms with Crippen molar-refractivity contribution in [3.05, 3.63) is 77.0 Å². The lowest BCUT2D eigenvalue weighted by Crippen LogP contribution is -2.24. The molecule has 0 aliphatic carbocycles. The van der Waals surface area contributed by atoms with Crippen LogP contribution >= 0.6 is 19.9 Å². The van der Waals surface area contributed by atoms with Crippen LogP contribution in [-0.4, -0.2) is 31.6 Å². The van der Waals surface area contributed by atoms with Crippen molar-refractivity contribution in [3.63, 3.8) is 0 Å². The second-order valence-electron chi connectivity index (χ2n) is 6.12. The van der Waals surface area contributed by atoms with Gasteiger partial charge < -0.3 is 10.3 Å². The molecule has 0 saturated heterocycles. The molecule has 2 N–H and O–H groups in total. The Hall–Kier alpha value is -2.64. The van der Waals surface area contributed by atoms with E-state index in [1.807, 2.05) is 23.8 Å². The number of imidazole rings is 1. The molecule has 0 bridgehead atoms. The number of benzene rings is 1. The van der Waals surface area contributed by atoms with E-state index in [4.69, 9.17) is 10.7 Å². The zero-order chi connectivity index (χ0) is 18.7. The molecule has 4 rings (SSSR count). The molecule has 0 saturated carbocycles. The molecule has 0 radical (unpaired) electrons. The smallest absolute Gasteiger partial charge is 0.256 e. The molecule has 1 aliphatic rings. The molecule has 3 heterocycles. The van der Waals surface area contributed by atoms with Crippen LogP contribution in [0.15, 0.2) is 65.6 Å². The number of carbonyl (C=O) groups excluding carboxylic acids is 1. The van der Waals surface area contributed by atoms with Gasteiger partial charge >= 0.3 is 0 Å². The summed E-state index contributed by atoms with van der Waals surface area (Å²) in [6, 6.07) is 5.28. The lowest BCUT2D eigenvalue weighted by atomic mass is 10.2. The summed E-state index contributed by atoms with van der Waals surface area (Å²) in [5, 5.41) is 5.76. The highest BCUT2D eigenvalue weighted by atomic mass is 35.7. The Morgan fingerprint density at radius 2 is 2.00 bits per heavy atom. The van der Waals surface area contributed by atoms with Crippen LogP contribution in [0.3, 0.4) is 0 Å². The number of fused-ring (bicyclic) bond motifs is 1. The molecule has 0 fully saturated rings. The molecule has 138 valence electrons. The van der Waals surface area contributed by atoms with E-state index in [9.17, 15) is 4.79 Å². The van der Waals surface area contributed by atoms with Gasteiger partial charge in [-0.1, -0.05) is 16.8 Å². The average molecular weight is 400 g/mol. The first-order valence-corrected chi connectivity index (χ1v) is 11.2. The summed E-state index contributed by atoms with van der Waals surface area (Å²) in [4.78, 5) is 28.5. The van der Waals surface area contributed by atoms with Crippen LogP contribution in [-0.2, 0) is 6.42 Å². The summed E-state index contributed by atoms with van der Waals surface area (Å²) < 4.78 is 0. The van der Waals surface area contributed by atoms with Crippen molar-refractivity contribution in [2.45, 2.75) is 12.8 Å². The molecule has 1 atom stereocenters. The Bertz CT molecular complexity index is 1030. The van der Waals surface area contributed by atoms with Crippen molar-refractivity contribution in [1.82, 2.24) is 25.3 Å². The van der Waals surface area contributed by atoms with Crippen LogP contribution in [0, 0.1) is 0 Å². The average Bonchev–Trinajstić information content (AvgIpc) is 3.32. The number of allylic oxidation sites excluding steroid dienone is 2. The molecule has 1 unspecified atom stereocenters. The highest BCUT2D eigenvalue weighted by molar-refractivity contribution is 8.55. The van der Waals surface area contributed by atoms with Crippen LogP contribution in [0.2, 0.25) is 0 Å². The molecule has 8 heteroatoms. The van der Waals surface area contributed by atoms with Gasteiger partial charge in [-0.15, -0.1) is 9.24 Å². The number of H-pyrrole nitrogens is 1. The third-order valence-electron chi connectivity index (χ3n) is 4.29. The van der Waals surface area contributed by atoms with Crippen LogP contribution in [0.5, 0.6) is 0 Å². The van der Waals surface area contributed by atoms with Crippen molar-refractivity contribution in [2.75, 3.05) is 5.75 Å². The third kappa shape index (κ3) is 3.89. The maximum atomic E-state index is 12.7. The van der Waals surface area contributed by atoms with Crippen molar-refractivity contribution in [2.24, 2.45) is 0 Å². The molecule has 1 aromatic carbocycles. The van der Waals surface area contributed by atoms with Crippen molar-refractivity contribution < 1.29 is 4.79 Å². The monoisotopic (exact) mass is 399 g/mol. The second kappa shape index (κ2) is 7.54. The summed E-state index contributed by atoms with van der Waals surface area (Å²) in [7, 11) is 5.17. The predicted octanol–water partition coefficient (Wildman–Crippen LogP) is 4.04. The SMILES string of the molecule is O=C(NC1=CC=CS1(Cl)CCCc1ncc[nH]1)c1ccc2nccnc2c1. The normalized spacial score (nSPS) is 21.0.